The van der Waals surface area contributed by atoms with Crippen molar-refractivity contribution in [1.29, 1.82) is 0 Å². The van der Waals surface area contributed by atoms with E-state index in [1.165, 1.54) is 16.9 Å². The van der Waals surface area contributed by atoms with Crippen LogP contribution in [0.15, 0.2) is 55.0 Å². The second-order valence-corrected chi connectivity index (χ2v) is 6.17. The molecule has 0 fully saturated rings. The van der Waals surface area contributed by atoms with Crippen LogP contribution in [0.2, 0.25) is 0 Å². The van der Waals surface area contributed by atoms with Crippen LogP contribution in [0, 0.1) is 11.6 Å². The monoisotopic (exact) mass is 411 g/mol. The second kappa shape index (κ2) is 7.59. The third-order valence-electron chi connectivity index (χ3n) is 4.10. The zero-order valence-electron chi connectivity index (χ0n) is 14.6. The van der Waals surface area contributed by atoms with Gasteiger partial charge in [0, 0.05) is 30.7 Å². The van der Waals surface area contributed by atoms with Gasteiger partial charge in [0.25, 0.3) is 5.91 Å². The molecule has 0 aliphatic carbocycles. The lowest BCUT2D eigenvalue weighted by Crippen LogP contribution is -2.59. The fourth-order valence-electron chi connectivity index (χ4n) is 2.61. The van der Waals surface area contributed by atoms with Crippen molar-refractivity contribution in [2.24, 2.45) is 5.73 Å². The van der Waals surface area contributed by atoms with Gasteiger partial charge in [-0.15, -0.1) is 0 Å². The summed E-state index contributed by atoms with van der Waals surface area (Å²) in [6.07, 6.45) is -0.780. The first kappa shape index (κ1) is 20.4. The van der Waals surface area contributed by atoms with Gasteiger partial charge < -0.3 is 11.1 Å². The average Bonchev–Trinajstić information content (AvgIpc) is 3.06. The molecule has 0 aliphatic heterocycles. The number of rotatable bonds is 5. The fourth-order valence-corrected chi connectivity index (χ4v) is 2.61. The van der Waals surface area contributed by atoms with Gasteiger partial charge in [0.05, 0.1) is 6.54 Å². The lowest BCUT2D eigenvalue weighted by Gasteiger charge is -2.30. The summed E-state index contributed by atoms with van der Waals surface area (Å²) in [7, 11) is 0. The van der Waals surface area contributed by atoms with E-state index in [1.807, 2.05) is 5.32 Å². The summed E-state index contributed by atoms with van der Waals surface area (Å²) in [5.41, 5.74) is 1.40. The van der Waals surface area contributed by atoms with E-state index in [0.717, 1.165) is 5.56 Å². The van der Waals surface area contributed by atoms with Gasteiger partial charge in [0.2, 0.25) is 5.54 Å². The SMILES string of the molecule is N[C@@](C(=O)Nc1ccn(Cc2ccncc2)n1)(c1cc(F)cc(F)c1)C(F)(F)F. The Morgan fingerprint density at radius 3 is 2.28 bits per heavy atom. The molecule has 3 rings (SSSR count). The quantitative estimate of drug-likeness (QED) is 0.633. The van der Waals surface area contributed by atoms with E-state index in [4.69, 9.17) is 5.73 Å². The molecule has 0 bridgehead atoms. The molecular formula is C18H14F5N5O. The summed E-state index contributed by atoms with van der Waals surface area (Å²) in [5.74, 6) is -4.54. The molecule has 3 aromatic rings. The van der Waals surface area contributed by atoms with Gasteiger partial charge in [0.1, 0.15) is 11.6 Å². The zero-order valence-corrected chi connectivity index (χ0v) is 14.6. The largest absolute Gasteiger partial charge is 0.419 e. The van der Waals surface area contributed by atoms with Crippen molar-refractivity contribution >= 4 is 11.7 Å². The Labute approximate surface area is 161 Å². The maximum atomic E-state index is 13.6. The van der Waals surface area contributed by atoms with Crippen LogP contribution in [0.5, 0.6) is 0 Å². The third-order valence-corrected chi connectivity index (χ3v) is 4.10. The van der Waals surface area contributed by atoms with Gasteiger partial charge in [0.15, 0.2) is 5.82 Å². The van der Waals surface area contributed by atoms with E-state index in [1.54, 1.807) is 24.5 Å². The van der Waals surface area contributed by atoms with E-state index in [-0.39, 0.29) is 12.4 Å². The number of pyridine rings is 1. The molecule has 0 saturated carbocycles. The molecule has 29 heavy (non-hydrogen) atoms. The van der Waals surface area contributed by atoms with Crippen LogP contribution in [0.4, 0.5) is 27.8 Å². The number of amides is 1. The minimum absolute atomic E-state index is 0.208. The van der Waals surface area contributed by atoms with Crippen molar-refractivity contribution in [3.8, 4) is 0 Å². The predicted molar refractivity (Wildman–Crippen MR) is 92.5 cm³/mol. The van der Waals surface area contributed by atoms with Crippen molar-refractivity contribution in [2.75, 3.05) is 5.32 Å². The molecular weight excluding hydrogens is 397 g/mol. The molecule has 0 spiro atoms. The maximum absolute atomic E-state index is 13.6. The highest BCUT2D eigenvalue weighted by Crippen LogP contribution is 2.38. The van der Waals surface area contributed by atoms with Gasteiger partial charge in [-0.2, -0.15) is 18.3 Å². The van der Waals surface area contributed by atoms with Gasteiger partial charge in [-0.25, -0.2) is 8.78 Å². The third kappa shape index (κ3) is 4.24. The molecule has 1 amide bonds. The molecule has 6 nitrogen and oxygen atoms in total. The maximum Gasteiger partial charge on any atom is 0.419 e. The lowest BCUT2D eigenvalue weighted by molar-refractivity contribution is -0.191. The van der Waals surface area contributed by atoms with Crippen LogP contribution in [-0.4, -0.2) is 26.8 Å². The molecule has 1 atom stereocenters. The number of hydrogen-bond donors (Lipinski definition) is 2. The smallest absolute Gasteiger partial charge is 0.307 e. The van der Waals surface area contributed by atoms with Crippen LogP contribution in [0.3, 0.4) is 0 Å². The Morgan fingerprint density at radius 2 is 1.69 bits per heavy atom. The standard InChI is InChI=1S/C18H14F5N5O/c19-13-7-12(8-14(20)9-13)17(24,18(21,22)23)16(29)26-15-3-6-28(27-15)10-11-1-4-25-5-2-11/h1-9H,10,24H2,(H,26,27,29)/t17-/m1/s1. The number of anilines is 1. The average molecular weight is 411 g/mol. The number of nitrogens with one attached hydrogen (secondary N) is 1. The molecule has 0 aliphatic rings. The highest BCUT2D eigenvalue weighted by Gasteiger charge is 2.59. The van der Waals surface area contributed by atoms with Crippen molar-refractivity contribution in [1.82, 2.24) is 14.8 Å². The highest BCUT2D eigenvalue weighted by molar-refractivity contribution is 5.98. The molecule has 2 aromatic heterocycles. The Morgan fingerprint density at radius 1 is 1.07 bits per heavy atom. The summed E-state index contributed by atoms with van der Waals surface area (Å²) in [5, 5.41) is 5.92. The van der Waals surface area contributed by atoms with Gasteiger partial charge in [-0.1, -0.05) is 0 Å². The fraction of sp³-hybridized carbons (Fsp3) is 0.167. The first-order chi connectivity index (χ1) is 13.6. The molecule has 0 saturated heterocycles. The van der Waals surface area contributed by atoms with Gasteiger partial charge in [-0.3, -0.25) is 14.5 Å². The summed E-state index contributed by atoms with van der Waals surface area (Å²) in [6.45, 7) is 0.278. The first-order valence-corrected chi connectivity index (χ1v) is 8.15. The summed E-state index contributed by atoms with van der Waals surface area (Å²) >= 11 is 0. The van der Waals surface area contributed by atoms with E-state index < -0.39 is 34.8 Å². The summed E-state index contributed by atoms with van der Waals surface area (Å²) in [4.78, 5) is 16.3. The van der Waals surface area contributed by atoms with E-state index in [2.05, 4.69) is 10.1 Å². The number of nitrogens with zero attached hydrogens (tertiary/aromatic N) is 3. The zero-order chi connectivity index (χ0) is 21.2. The molecule has 2 heterocycles. The molecule has 152 valence electrons. The number of nitrogens with two attached hydrogens (primary N) is 1. The Bertz CT molecular complexity index is 1000. The van der Waals surface area contributed by atoms with Crippen LogP contribution in [0.25, 0.3) is 0 Å². The topological polar surface area (TPSA) is 85.8 Å². The Hall–Kier alpha value is -3.34. The van der Waals surface area contributed by atoms with E-state index >= 15 is 0 Å². The van der Waals surface area contributed by atoms with Crippen molar-refractivity contribution in [3.63, 3.8) is 0 Å². The van der Waals surface area contributed by atoms with Crippen LogP contribution in [-0.2, 0) is 16.9 Å². The highest BCUT2D eigenvalue weighted by atomic mass is 19.4. The molecule has 3 N–H and O–H groups in total. The summed E-state index contributed by atoms with van der Waals surface area (Å²) in [6, 6.07) is 5.79. The van der Waals surface area contributed by atoms with Crippen LogP contribution >= 0.6 is 0 Å². The Kier molecular flexibility index (Phi) is 5.33. The number of alkyl halides is 3. The number of hydrogen-bond acceptors (Lipinski definition) is 4. The van der Waals surface area contributed by atoms with Crippen molar-refractivity contribution in [3.05, 3.63) is 77.8 Å². The van der Waals surface area contributed by atoms with Crippen molar-refractivity contribution < 1.29 is 26.7 Å². The summed E-state index contributed by atoms with van der Waals surface area (Å²) < 4.78 is 69.1. The number of carbonyl (C=O) groups is 1. The normalized spacial score (nSPS) is 13.7. The van der Waals surface area contributed by atoms with Crippen LogP contribution < -0.4 is 11.1 Å². The van der Waals surface area contributed by atoms with E-state index in [0.29, 0.717) is 18.2 Å². The number of aromatic nitrogens is 3. The minimum Gasteiger partial charge on any atom is -0.307 e. The van der Waals surface area contributed by atoms with Gasteiger partial charge >= 0.3 is 6.18 Å². The van der Waals surface area contributed by atoms with Crippen molar-refractivity contribution in [2.45, 2.75) is 18.3 Å². The number of halogens is 5. The van der Waals surface area contributed by atoms with Gasteiger partial charge in [-0.05, 0) is 35.4 Å². The Balaban J connectivity index is 1.86. The molecule has 1 aromatic carbocycles. The number of benzene rings is 1. The minimum atomic E-state index is -5.34. The first-order valence-electron chi connectivity index (χ1n) is 8.15. The second-order valence-electron chi connectivity index (χ2n) is 6.17. The predicted octanol–water partition coefficient (Wildman–Crippen LogP) is 2.96. The molecule has 0 unspecified atom stereocenters. The number of carbonyl (C=O) groups excluding carboxylic acids is 1. The molecule has 11 heteroatoms. The van der Waals surface area contributed by atoms with Crippen LogP contribution in [0.1, 0.15) is 11.1 Å². The van der Waals surface area contributed by atoms with E-state index in [9.17, 15) is 26.7 Å². The lowest BCUT2D eigenvalue weighted by atomic mass is 9.89. The molecule has 0 radical (unpaired) electrons.